The Bertz CT molecular complexity index is 1270. The molecule has 0 spiro atoms. The fourth-order valence-corrected chi connectivity index (χ4v) is 3.14. The maximum absolute atomic E-state index is 13.3. The number of hydrogen-bond donors (Lipinski definition) is 1. The Labute approximate surface area is 184 Å². The second-order valence-corrected chi connectivity index (χ2v) is 7.10. The van der Waals surface area contributed by atoms with E-state index in [4.69, 9.17) is 10.00 Å². The van der Waals surface area contributed by atoms with Crippen molar-refractivity contribution in [3.05, 3.63) is 95.9 Å². The number of aromatic nitrogens is 2. The van der Waals surface area contributed by atoms with Crippen LogP contribution in [0.4, 0.5) is 10.1 Å². The molecule has 4 aromatic rings. The Kier molecular flexibility index (Phi) is 5.95. The van der Waals surface area contributed by atoms with E-state index in [9.17, 15) is 9.18 Å². The molecule has 0 radical (unpaired) electrons. The standard InChI is InChI=1S/C25H19FN4O2/c1-17-2-4-18(5-3-17)24-23(16-30(29-24)21-10-6-19(26)7-11-21)25(31)28-20-8-12-22(13-9-20)32-15-14-27/h2-13,16H,15H2,1H3,(H,28,31). The Morgan fingerprint density at radius 3 is 2.41 bits per heavy atom. The van der Waals surface area contributed by atoms with E-state index < -0.39 is 0 Å². The van der Waals surface area contributed by atoms with Gasteiger partial charge < -0.3 is 10.1 Å². The smallest absolute Gasteiger partial charge is 0.259 e. The summed E-state index contributed by atoms with van der Waals surface area (Å²) in [6.45, 7) is 1.94. The molecule has 1 aromatic heterocycles. The van der Waals surface area contributed by atoms with E-state index in [2.05, 4.69) is 10.4 Å². The molecule has 0 aliphatic heterocycles. The van der Waals surface area contributed by atoms with Crippen LogP contribution in [0.5, 0.6) is 5.75 Å². The summed E-state index contributed by atoms with van der Waals surface area (Å²) >= 11 is 0. The van der Waals surface area contributed by atoms with Crippen molar-refractivity contribution in [3.63, 3.8) is 0 Å². The molecule has 0 bridgehead atoms. The minimum absolute atomic E-state index is 0.0474. The number of carbonyl (C=O) groups is 1. The van der Waals surface area contributed by atoms with E-state index >= 15 is 0 Å². The van der Waals surface area contributed by atoms with Gasteiger partial charge in [0.05, 0.1) is 11.3 Å². The molecule has 0 aliphatic carbocycles. The summed E-state index contributed by atoms with van der Waals surface area (Å²) in [5.74, 6) is -0.145. The average Bonchev–Trinajstić information content (AvgIpc) is 3.25. The molecule has 0 atom stereocenters. The predicted octanol–water partition coefficient (Wildman–Crippen LogP) is 5.14. The maximum Gasteiger partial charge on any atom is 0.259 e. The van der Waals surface area contributed by atoms with Crippen LogP contribution in [-0.2, 0) is 0 Å². The topological polar surface area (TPSA) is 79.9 Å². The SMILES string of the molecule is Cc1ccc(-c2nn(-c3ccc(F)cc3)cc2C(=O)Nc2ccc(OCC#N)cc2)cc1. The Hall–Kier alpha value is -4.44. The summed E-state index contributed by atoms with van der Waals surface area (Å²) in [6.07, 6.45) is 1.63. The molecule has 32 heavy (non-hydrogen) atoms. The van der Waals surface area contributed by atoms with Gasteiger partial charge in [0.1, 0.15) is 23.3 Å². The molecule has 4 rings (SSSR count). The van der Waals surface area contributed by atoms with Gasteiger partial charge in [-0.2, -0.15) is 10.4 Å². The molecule has 7 heteroatoms. The van der Waals surface area contributed by atoms with Crippen LogP contribution in [0.2, 0.25) is 0 Å². The predicted molar refractivity (Wildman–Crippen MR) is 119 cm³/mol. The summed E-state index contributed by atoms with van der Waals surface area (Å²) in [5.41, 5.74) is 3.99. The molecule has 0 saturated heterocycles. The molecule has 0 fully saturated rings. The summed E-state index contributed by atoms with van der Waals surface area (Å²) < 4.78 is 20.1. The highest BCUT2D eigenvalue weighted by molar-refractivity contribution is 6.08. The Balaban J connectivity index is 1.66. The lowest BCUT2D eigenvalue weighted by atomic mass is 10.1. The average molecular weight is 426 g/mol. The summed E-state index contributed by atoms with van der Waals surface area (Å²) in [7, 11) is 0. The first-order chi connectivity index (χ1) is 15.5. The van der Waals surface area contributed by atoms with E-state index in [1.165, 1.54) is 12.1 Å². The van der Waals surface area contributed by atoms with Crippen molar-refractivity contribution in [1.82, 2.24) is 9.78 Å². The van der Waals surface area contributed by atoms with Crippen LogP contribution in [0.1, 0.15) is 15.9 Å². The minimum atomic E-state index is -0.347. The zero-order chi connectivity index (χ0) is 22.5. The number of carbonyl (C=O) groups excluding carboxylic acids is 1. The zero-order valence-electron chi connectivity index (χ0n) is 17.2. The molecule has 0 aliphatic rings. The molecule has 158 valence electrons. The van der Waals surface area contributed by atoms with Crippen LogP contribution in [0, 0.1) is 24.1 Å². The number of nitrogens with zero attached hydrogens (tertiary/aromatic N) is 3. The van der Waals surface area contributed by atoms with Crippen molar-refractivity contribution in [2.75, 3.05) is 11.9 Å². The highest BCUT2D eigenvalue weighted by Gasteiger charge is 2.19. The highest BCUT2D eigenvalue weighted by atomic mass is 19.1. The largest absolute Gasteiger partial charge is 0.479 e. The van der Waals surface area contributed by atoms with Gasteiger partial charge in [-0.1, -0.05) is 29.8 Å². The molecule has 1 N–H and O–H groups in total. The lowest BCUT2D eigenvalue weighted by molar-refractivity contribution is 0.102. The monoisotopic (exact) mass is 426 g/mol. The number of nitriles is 1. The van der Waals surface area contributed by atoms with Crippen molar-refractivity contribution in [1.29, 1.82) is 5.26 Å². The molecular weight excluding hydrogens is 407 g/mol. The molecule has 3 aromatic carbocycles. The number of rotatable bonds is 6. The van der Waals surface area contributed by atoms with Crippen LogP contribution in [0.3, 0.4) is 0 Å². The van der Waals surface area contributed by atoms with Gasteiger partial charge in [-0.3, -0.25) is 4.79 Å². The van der Waals surface area contributed by atoms with Gasteiger partial charge >= 0.3 is 0 Å². The van der Waals surface area contributed by atoms with E-state index in [1.54, 1.807) is 47.3 Å². The van der Waals surface area contributed by atoms with Gasteiger partial charge in [0.2, 0.25) is 0 Å². The summed E-state index contributed by atoms with van der Waals surface area (Å²) in [6, 6.07) is 22.3. The molecule has 0 unspecified atom stereocenters. The van der Waals surface area contributed by atoms with Crippen molar-refractivity contribution >= 4 is 11.6 Å². The van der Waals surface area contributed by atoms with Crippen molar-refractivity contribution < 1.29 is 13.9 Å². The van der Waals surface area contributed by atoms with Gasteiger partial charge in [0.15, 0.2) is 6.61 Å². The highest BCUT2D eigenvalue weighted by Crippen LogP contribution is 2.26. The number of anilines is 1. The molecular formula is C25H19FN4O2. The number of halogens is 1. The Morgan fingerprint density at radius 1 is 1.06 bits per heavy atom. The number of ether oxygens (including phenoxy) is 1. The summed E-state index contributed by atoms with van der Waals surface area (Å²) in [4.78, 5) is 13.1. The van der Waals surface area contributed by atoms with Crippen molar-refractivity contribution in [2.24, 2.45) is 0 Å². The fourth-order valence-electron chi connectivity index (χ4n) is 3.14. The van der Waals surface area contributed by atoms with Crippen LogP contribution in [-0.4, -0.2) is 22.3 Å². The van der Waals surface area contributed by atoms with Gasteiger partial charge in [0.25, 0.3) is 5.91 Å². The van der Waals surface area contributed by atoms with Gasteiger partial charge in [0, 0.05) is 17.4 Å². The van der Waals surface area contributed by atoms with Crippen LogP contribution < -0.4 is 10.1 Å². The molecule has 1 heterocycles. The number of amides is 1. The quantitative estimate of drug-likeness (QED) is 0.463. The third-order valence-corrected chi connectivity index (χ3v) is 4.79. The van der Waals surface area contributed by atoms with Crippen LogP contribution in [0.25, 0.3) is 16.9 Å². The van der Waals surface area contributed by atoms with E-state index in [-0.39, 0.29) is 18.3 Å². The van der Waals surface area contributed by atoms with Crippen LogP contribution >= 0.6 is 0 Å². The van der Waals surface area contributed by atoms with Gasteiger partial charge in [-0.15, -0.1) is 0 Å². The van der Waals surface area contributed by atoms with E-state index in [1.807, 2.05) is 37.3 Å². The second-order valence-electron chi connectivity index (χ2n) is 7.10. The normalized spacial score (nSPS) is 10.4. The number of hydrogen-bond acceptors (Lipinski definition) is 4. The first-order valence-electron chi connectivity index (χ1n) is 9.87. The van der Waals surface area contributed by atoms with E-state index in [0.717, 1.165) is 11.1 Å². The van der Waals surface area contributed by atoms with E-state index in [0.29, 0.717) is 28.4 Å². The molecule has 0 saturated carbocycles. The Morgan fingerprint density at radius 2 is 1.75 bits per heavy atom. The number of aryl methyl sites for hydroxylation is 1. The molecule has 1 amide bonds. The molecule has 6 nitrogen and oxygen atoms in total. The maximum atomic E-state index is 13.3. The minimum Gasteiger partial charge on any atom is -0.479 e. The number of benzene rings is 3. The van der Waals surface area contributed by atoms with Crippen molar-refractivity contribution in [3.8, 4) is 28.8 Å². The summed E-state index contributed by atoms with van der Waals surface area (Å²) in [5, 5.41) is 16.1. The fraction of sp³-hybridized carbons (Fsp3) is 0.0800. The third-order valence-electron chi connectivity index (χ3n) is 4.79. The van der Waals surface area contributed by atoms with Gasteiger partial charge in [-0.25, -0.2) is 9.07 Å². The lowest BCUT2D eigenvalue weighted by Crippen LogP contribution is -2.12. The number of nitrogens with one attached hydrogen (secondary N) is 1. The first kappa shape index (κ1) is 20.8. The lowest BCUT2D eigenvalue weighted by Gasteiger charge is -2.07. The van der Waals surface area contributed by atoms with Crippen LogP contribution in [0.15, 0.2) is 79.0 Å². The first-order valence-corrected chi connectivity index (χ1v) is 9.87. The zero-order valence-corrected chi connectivity index (χ0v) is 17.2. The second kappa shape index (κ2) is 9.14. The van der Waals surface area contributed by atoms with Crippen molar-refractivity contribution in [2.45, 2.75) is 6.92 Å². The van der Waals surface area contributed by atoms with Gasteiger partial charge in [-0.05, 0) is 55.5 Å². The third kappa shape index (κ3) is 4.65.